The minimum atomic E-state index is -0.193. The first kappa shape index (κ1) is 16.3. The normalized spacial score (nSPS) is 12.1. The number of furan rings is 1. The van der Waals surface area contributed by atoms with Crippen LogP contribution >= 0.6 is 11.6 Å². The number of hydrogen-bond acceptors (Lipinski definition) is 3. The van der Waals surface area contributed by atoms with E-state index in [1.165, 1.54) is 6.92 Å². The Morgan fingerprint density at radius 3 is 2.46 bits per heavy atom. The number of nitrogens with one attached hydrogen (secondary N) is 1. The Morgan fingerprint density at radius 1 is 1.08 bits per heavy atom. The third-order valence-corrected chi connectivity index (χ3v) is 4.03. The van der Waals surface area contributed by atoms with E-state index in [1.807, 2.05) is 19.1 Å². The fraction of sp³-hybridized carbons (Fsp3) is 0.158. The molecule has 1 atom stereocenters. The van der Waals surface area contributed by atoms with Crippen molar-refractivity contribution in [2.75, 3.05) is 0 Å². The van der Waals surface area contributed by atoms with E-state index in [4.69, 9.17) is 16.0 Å². The Hall–Kier alpha value is -2.59. The molecule has 5 heteroatoms. The summed E-state index contributed by atoms with van der Waals surface area (Å²) in [5.74, 6) is -0.0143. The van der Waals surface area contributed by atoms with E-state index >= 15 is 0 Å². The van der Waals surface area contributed by atoms with Gasteiger partial charge in [-0.1, -0.05) is 35.9 Å². The molecule has 1 aromatic heterocycles. The number of hydrogen-bond donors (Lipinski definition) is 1. The van der Waals surface area contributed by atoms with Gasteiger partial charge in [0.25, 0.3) is 0 Å². The number of ketones is 1. The Bertz CT molecular complexity index is 912. The molecule has 24 heavy (non-hydrogen) atoms. The average molecular weight is 342 g/mol. The molecule has 0 bridgehead atoms. The molecule has 0 saturated heterocycles. The van der Waals surface area contributed by atoms with E-state index in [2.05, 4.69) is 5.32 Å². The van der Waals surface area contributed by atoms with Crippen molar-refractivity contribution in [1.29, 1.82) is 0 Å². The maximum atomic E-state index is 12.6. The number of benzene rings is 2. The fourth-order valence-corrected chi connectivity index (χ4v) is 2.76. The quantitative estimate of drug-likeness (QED) is 0.710. The minimum Gasteiger partial charge on any atom is -0.453 e. The summed E-state index contributed by atoms with van der Waals surface area (Å²) < 4.78 is 5.60. The summed E-state index contributed by atoms with van der Waals surface area (Å²) in [6.07, 6.45) is 0. The van der Waals surface area contributed by atoms with Crippen LogP contribution in [0.2, 0.25) is 5.02 Å². The lowest BCUT2D eigenvalue weighted by Crippen LogP contribution is -2.23. The van der Waals surface area contributed by atoms with Crippen LogP contribution < -0.4 is 5.32 Å². The van der Waals surface area contributed by atoms with E-state index in [1.54, 1.807) is 36.4 Å². The number of halogens is 1. The third kappa shape index (κ3) is 3.34. The van der Waals surface area contributed by atoms with Crippen molar-refractivity contribution in [2.45, 2.75) is 19.9 Å². The van der Waals surface area contributed by atoms with Crippen LogP contribution in [0.5, 0.6) is 0 Å². The minimum absolute atomic E-state index is 0.0939. The summed E-state index contributed by atoms with van der Waals surface area (Å²) in [7, 11) is 0. The molecule has 1 heterocycles. The zero-order valence-corrected chi connectivity index (χ0v) is 14.1. The molecule has 1 amide bonds. The number of carbonyl (C=O) groups is 2. The van der Waals surface area contributed by atoms with E-state index < -0.39 is 0 Å². The van der Waals surface area contributed by atoms with Gasteiger partial charge in [0.1, 0.15) is 5.58 Å². The molecule has 0 spiro atoms. The maximum Gasteiger partial charge on any atom is 0.228 e. The van der Waals surface area contributed by atoms with Gasteiger partial charge in [-0.2, -0.15) is 0 Å². The van der Waals surface area contributed by atoms with Gasteiger partial charge in [0.15, 0.2) is 5.76 Å². The molecular weight excluding hydrogens is 326 g/mol. The van der Waals surface area contributed by atoms with Crippen molar-refractivity contribution in [1.82, 2.24) is 5.32 Å². The van der Waals surface area contributed by atoms with Crippen molar-refractivity contribution < 1.29 is 14.0 Å². The molecule has 3 rings (SSSR count). The molecule has 1 N–H and O–H groups in total. The van der Waals surface area contributed by atoms with Crippen LogP contribution in [0.15, 0.2) is 52.9 Å². The van der Waals surface area contributed by atoms with E-state index in [0.717, 1.165) is 10.9 Å². The highest BCUT2D eigenvalue weighted by Crippen LogP contribution is 2.25. The SMILES string of the molecule is CC(=O)N[C@@H](C)c1ccc(C(=O)c2cc3cc(Cl)ccc3o2)cc1. The van der Waals surface area contributed by atoms with Crippen molar-refractivity contribution >= 4 is 34.3 Å². The number of rotatable bonds is 4. The second-order valence-corrected chi connectivity index (χ2v) is 6.10. The van der Waals surface area contributed by atoms with Gasteiger partial charge < -0.3 is 9.73 Å². The van der Waals surface area contributed by atoms with Crippen molar-refractivity contribution in [3.8, 4) is 0 Å². The van der Waals surface area contributed by atoms with Gasteiger partial charge in [0.2, 0.25) is 11.7 Å². The number of amides is 1. The van der Waals surface area contributed by atoms with Crippen molar-refractivity contribution in [2.24, 2.45) is 0 Å². The molecule has 0 unspecified atom stereocenters. The largest absolute Gasteiger partial charge is 0.453 e. The zero-order valence-electron chi connectivity index (χ0n) is 13.3. The molecule has 0 saturated carbocycles. The molecule has 0 aliphatic rings. The van der Waals surface area contributed by atoms with Gasteiger partial charge in [0.05, 0.1) is 6.04 Å². The number of carbonyl (C=O) groups excluding carboxylic acids is 2. The molecule has 0 aliphatic heterocycles. The molecule has 3 aromatic rings. The highest BCUT2D eigenvalue weighted by Gasteiger charge is 2.15. The van der Waals surface area contributed by atoms with Gasteiger partial charge in [-0.25, -0.2) is 0 Å². The molecule has 122 valence electrons. The predicted octanol–water partition coefficient (Wildman–Crippen LogP) is 4.51. The van der Waals surface area contributed by atoms with Crippen LogP contribution in [0.3, 0.4) is 0 Å². The van der Waals surface area contributed by atoms with Crippen molar-refractivity contribution in [3.63, 3.8) is 0 Å². The van der Waals surface area contributed by atoms with Crippen LogP contribution in [-0.4, -0.2) is 11.7 Å². The summed E-state index contributed by atoms with van der Waals surface area (Å²) in [5.41, 5.74) is 2.08. The summed E-state index contributed by atoms with van der Waals surface area (Å²) >= 11 is 5.95. The summed E-state index contributed by atoms with van der Waals surface area (Å²) in [6, 6.07) is 13.9. The lowest BCUT2D eigenvalue weighted by Gasteiger charge is -2.12. The third-order valence-electron chi connectivity index (χ3n) is 3.79. The van der Waals surface area contributed by atoms with E-state index in [0.29, 0.717) is 16.2 Å². The second kappa shape index (κ2) is 6.49. The Morgan fingerprint density at radius 2 is 1.79 bits per heavy atom. The fourth-order valence-electron chi connectivity index (χ4n) is 2.58. The highest BCUT2D eigenvalue weighted by atomic mass is 35.5. The highest BCUT2D eigenvalue weighted by molar-refractivity contribution is 6.31. The lowest BCUT2D eigenvalue weighted by molar-refractivity contribution is -0.119. The molecular formula is C19H16ClNO3. The molecule has 2 aromatic carbocycles. The van der Waals surface area contributed by atoms with Crippen molar-refractivity contribution in [3.05, 3.63) is 70.4 Å². The molecule has 0 radical (unpaired) electrons. The van der Waals surface area contributed by atoms with Crippen LogP contribution in [0.1, 0.15) is 41.6 Å². The van der Waals surface area contributed by atoms with E-state index in [-0.39, 0.29) is 23.5 Å². The van der Waals surface area contributed by atoms with Gasteiger partial charge >= 0.3 is 0 Å². The monoisotopic (exact) mass is 341 g/mol. The summed E-state index contributed by atoms with van der Waals surface area (Å²) in [5, 5.41) is 4.20. The van der Waals surface area contributed by atoms with Crippen LogP contribution in [0, 0.1) is 0 Å². The van der Waals surface area contributed by atoms with Crippen LogP contribution in [0.4, 0.5) is 0 Å². The lowest BCUT2D eigenvalue weighted by atomic mass is 10.0. The Balaban J connectivity index is 1.84. The summed E-state index contributed by atoms with van der Waals surface area (Å²) in [4.78, 5) is 23.7. The van der Waals surface area contributed by atoms with Gasteiger partial charge in [-0.3, -0.25) is 9.59 Å². The van der Waals surface area contributed by atoms with Gasteiger partial charge in [0, 0.05) is 22.9 Å². The van der Waals surface area contributed by atoms with Gasteiger partial charge in [-0.05, 0) is 36.8 Å². The average Bonchev–Trinajstić information content (AvgIpc) is 2.96. The van der Waals surface area contributed by atoms with Crippen LogP contribution in [-0.2, 0) is 4.79 Å². The topological polar surface area (TPSA) is 59.3 Å². The first-order valence-corrected chi connectivity index (χ1v) is 7.92. The molecule has 4 nitrogen and oxygen atoms in total. The van der Waals surface area contributed by atoms with Crippen LogP contribution in [0.25, 0.3) is 11.0 Å². The smallest absolute Gasteiger partial charge is 0.228 e. The number of fused-ring (bicyclic) bond motifs is 1. The maximum absolute atomic E-state index is 12.6. The molecule has 0 fully saturated rings. The first-order valence-electron chi connectivity index (χ1n) is 7.55. The first-order chi connectivity index (χ1) is 11.4. The Kier molecular flexibility index (Phi) is 4.40. The Labute approximate surface area is 144 Å². The van der Waals surface area contributed by atoms with E-state index in [9.17, 15) is 9.59 Å². The standard InChI is InChI=1S/C19H16ClNO3/c1-11(21-12(2)22)13-3-5-14(6-4-13)19(23)18-10-15-9-16(20)7-8-17(15)24-18/h3-11H,1-2H3,(H,21,22)/t11-/m0/s1. The predicted molar refractivity (Wildman–Crippen MR) is 93.3 cm³/mol. The van der Waals surface area contributed by atoms with Gasteiger partial charge in [-0.15, -0.1) is 0 Å². The summed E-state index contributed by atoms with van der Waals surface area (Å²) in [6.45, 7) is 3.36. The second-order valence-electron chi connectivity index (χ2n) is 5.67. The molecule has 0 aliphatic carbocycles. The zero-order chi connectivity index (χ0) is 17.3.